The number of halogens is 2. The molecule has 0 aliphatic carbocycles. The molecular weight excluding hydrogens is 557 g/mol. The van der Waals surface area contributed by atoms with Crippen LogP contribution in [0, 0.1) is 11.3 Å². The van der Waals surface area contributed by atoms with E-state index in [4.69, 9.17) is 23.2 Å². The number of anilines is 1. The summed E-state index contributed by atoms with van der Waals surface area (Å²) in [6, 6.07) is 7.31. The topological polar surface area (TPSA) is 151 Å². The normalized spacial score (nSPS) is 16.8. The number of aromatic nitrogens is 4. The maximum absolute atomic E-state index is 12.9. The summed E-state index contributed by atoms with van der Waals surface area (Å²) in [5, 5.41) is 18.2. The molecule has 3 heterocycles. The van der Waals surface area contributed by atoms with Crippen molar-refractivity contribution in [2.24, 2.45) is 0 Å². The highest BCUT2D eigenvalue weighted by Gasteiger charge is 2.42. The van der Waals surface area contributed by atoms with Gasteiger partial charge in [0.25, 0.3) is 0 Å². The third-order valence-corrected chi connectivity index (χ3v) is 9.50. The summed E-state index contributed by atoms with van der Waals surface area (Å²) in [5.41, 5.74) is 0.928. The van der Waals surface area contributed by atoms with Crippen molar-refractivity contribution < 1.29 is 13.0 Å². The van der Waals surface area contributed by atoms with Gasteiger partial charge in [-0.3, -0.25) is 5.10 Å². The molecule has 1 unspecified atom stereocenters. The van der Waals surface area contributed by atoms with E-state index in [1.165, 1.54) is 0 Å². The summed E-state index contributed by atoms with van der Waals surface area (Å²) in [4.78, 5) is 11.1. The summed E-state index contributed by atoms with van der Waals surface area (Å²) < 4.78 is 38.3. The zero-order chi connectivity index (χ0) is 27.0. The minimum atomic E-state index is -2.56. The number of nitrogens with one attached hydrogen (secondary N) is 2. The molecule has 10 nitrogen and oxygen atoms in total. The Bertz CT molecular complexity index is 1420. The molecule has 0 radical (unpaired) electrons. The van der Waals surface area contributed by atoms with Gasteiger partial charge in [-0.1, -0.05) is 35.3 Å². The number of hydrogen-bond donors (Lipinski definition) is 3. The van der Waals surface area contributed by atoms with Gasteiger partial charge in [0.05, 0.1) is 21.0 Å². The van der Waals surface area contributed by atoms with E-state index in [1.54, 1.807) is 18.2 Å². The number of thiol groups is 1. The van der Waals surface area contributed by atoms with Gasteiger partial charge in [0.1, 0.15) is 27.2 Å². The molecule has 1 atom stereocenters. The Morgan fingerprint density at radius 2 is 1.97 bits per heavy atom. The first-order valence-electron chi connectivity index (χ1n) is 11.6. The lowest BCUT2D eigenvalue weighted by atomic mass is 9.86. The number of benzene rings is 1. The Morgan fingerprint density at radius 1 is 1.27 bits per heavy atom. The van der Waals surface area contributed by atoms with Crippen molar-refractivity contribution >= 4 is 62.2 Å². The highest BCUT2D eigenvalue weighted by molar-refractivity contribution is 7.90. The maximum Gasteiger partial charge on any atom is 0.228 e. The second-order valence-electron chi connectivity index (χ2n) is 9.94. The largest absolute Gasteiger partial charge is 0.598 e. The Labute approximate surface area is 230 Å². The number of piperidine rings is 1. The second-order valence-corrected chi connectivity index (χ2v) is 13.8. The van der Waals surface area contributed by atoms with Crippen molar-refractivity contribution in [1.82, 2.24) is 24.9 Å². The first-order chi connectivity index (χ1) is 17.4. The number of nitrogens with zero attached hydrogens (tertiary/aromatic N) is 5. The van der Waals surface area contributed by atoms with Gasteiger partial charge in [-0.05, 0) is 46.1 Å². The highest BCUT2D eigenvalue weighted by atomic mass is 35.5. The number of H-pyrrole nitrogens is 1. The molecule has 2 aromatic heterocycles. The number of hydrogen-bond acceptors (Lipinski definition) is 9. The van der Waals surface area contributed by atoms with E-state index < -0.39 is 32.4 Å². The van der Waals surface area contributed by atoms with Crippen LogP contribution in [0.2, 0.25) is 10.0 Å². The molecule has 0 spiro atoms. The van der Waals surface area contributed by atoms with Crippen molar-refractivity contribution in [3.63, 3.8) is 0 Å². The average Bonchev–Trinajstić information content (AvgIpc) is 3.28. The molecule has 3 aromatic rings. The van der Waals surface area contributed by atoms with E-state index >= 15 is 0 Å². The quantitative estimate of drug-likeness (QED) is 0.280. The van der Waals surface area contributed by atoms with Crippen LogP contribution in [-0.4, -0.2) is 62.3 Å². The predicted octanol–water partition coefficient (Wildman–Crippen LogP) is 3.59. The van der Waals surface area contributed by atoms with Crippen LogP contribution in [0.1, 0.15) is 45.7 Å². The van der Waals surface area contributed by atoms with Gasteiger partial charge in [-0.25, -0.2) is 13.4 Å². The van der Waals surface area contributed by atoms with Gasteiger partial charge in [0.15, 0.2) is 11.3 Å². The Kier molecular flexibility index (Phi) is 8.23. The minimum absolute atomic E-state index is 0.00764. The molecule has 2 N–H and O–H groups in total. The molecule has 0 saturated carbocycles. The number of aromatic amines is 1. The second kappa shape index (κ2) is 10.9. The number of fused-ring (bicyclic) bond motifs is 1. The van der Waals surface area contributed by atoms with Crippen molar-refractivity contribution in [2.45, 2.75) is 50.3 Å². The van der Waals surface area contributed by atoms with E-state index in [-0.39, 0.29) is 11.4 Å². The molecule has 37 heavy (non-hydrogen) atoms. The Hall–Kier alpha value is -2.14. The Morgan fingerprint density at radius 3 is 2.59 bits per heavy atom. The fourth-order valence-corrected chi connectivity index (χ4v) is 6.22. The predicted molar refractivity (Wildman–Crippen MR) is 147 cm³/mol. The summed E-state index contributed by atoms with van der Waals surface area (Å²) in [5.74, 6) is 0.366. The molecule has 14 heteroatoms. The number of nitriles is 1. The highest BCUT2D eigenvalue weighted by Crippen LogP contribution is 2.37. The fraction of sp³-hybridized carbons (Fsp3) is 0.478. The molecular formula is C23H27Cl2N7O3S2. The molecule has 1 aliphatic rings. The molecule has 198 valence electrons. The number of rotatable bonds is 7. The van der Waals surface area contributed by atoms with Gasteiger partial charge in [-0.15, -0.1) is 4.72 Å². The van der Waals surface area contributed by atoms with Crippen LogP contribution >= 0.6 is 23.2 Å². The molecule has 4 rings (SSSR count). The lowest BCUT2D eigenvalue weighted by molar-refractivity contribution is 0.289. The van der Waals surface area contributed by atoms with Crippen LogP contribution in [-0.2, 0) is 22.1 Å². The average molecular weight is 585 g/mol. The fourth-order valence-electron chi connectivity index (χ4n) is 4.22. The van der Waals surface area contributed by atoms with Gasteiger partial charge < -0.3 is 9.45 Å². The van der Waals surface area contributed by atoms with Crippen molar-refractivity contribution in [3.8, 4) is 17.3 Å². The third kappa shape index (κ3) is 5.97. The van der Waals surface area contributed by atoms with Gasteiger partial charge in [0, 0.05) is 35.8 Å². The van der Waals surface area contributed by atoms with Crippen LogP contribution < -0.4 is 9.62 Å². The maximum atomic E-state index is 12.9. The van der Waals surface area contributed by atoms with Crippen LogP contribution in [0.3, 0.4) is 0 Å². The zero-order valence-corrected chi connectivity index (χ0v) is 23.8. The first kappa shape index (κ1) is 27.9. The standard InChI is InChI=1S/C23H27Cl2N7O3S2/c1-22(2,3)37(35)31-23(9-12-36(33)34)7-10-32(11-8-23)21-27-16(13-26)17-19(29-30-20(17)28-21)14-5-4-6-15(24)18(14)25/h4-6,31,36H,7-12H2,1-3H3,(H,27,28,29,30). The lowest BCUT2D eigenvalue weighted by Gasteiger charge is -2.43. The SMILES string of the molecule is CC(C)(C)[S+]([O-])NC1(CC[SH](=O)=O)CCN(c2nc(C#N)c3c(-c4cccc(Cl)c4Cl)n[nH]c3n2)CC1. The monoisotopic (exact) mass is 583 g/mol. The van der Waals surface area contributed by atoms with Crippen molar-refractivity contribution in [3.05, 3.63) is 33.9 Å². The minimum Gasteiger partial charge on any atom is -0.598 e. The lowest BCUT2D eigenvalue weighted by Crippen LogP contribution is -2.58. The van der Waals surface area contributed by atoms with E-state index in [1.807, 2.05) is 25.7 Å². The van der Waals surface area contributed by atoms with Crippen LogP contribution in [0.5, 0.6) is 0 Å². The smallest absolute Gasteiger partial charge is 0.228 e. The van der Waals surface area contributed by atoms with E-state index in [0.717, 1.165) is 0 Å². The van der Waals surface area contributed by atoms with Crippen LogP contribution in [0.25, 0.3) is 22.3 Å². The summed E-state index contributed by atoms with van der Waals surface area (Å²) in [7, 11) is -2.56. The first-order valence-corrected chi connectivity index (χ1v) is 14.9. The zero-order valence-electron chi connectivity index (χ0n) is 20.5. The molecule has 1 aromatic carbocycles. The molecule has 1 aliphatic heterocycles. The van der Waals surface area contributed by atoms with Crippen molar-refractivity contribution in [1.29, 1.82) is 5.26 Å². The van der Waals surface area contributed by atoms with Gasteiger partial charge in [-0.2, -0.15) is 15.3 Å². The molecule has 1 saturated heterocycles. The van der Waals surface area contributed by atoms with Crippen LogP contribution in [0.15, 0.2) is 18.2 Å². The molecule has 1 fully saturated rings. The van der Waals surface area contributed by atoms with Crippen molar-refractivity contribution in [2.75, 3.05) is 23.7 Å². The summed E-state index contributed by atoms with van der Waals surface area (Å²) in [6.45, 7) is 6.58. The van der Waals surface area contributed by atoms with Gasteiger partial charge >= 0.3 is 0 Å². The van der Waals surface area contributed by atoms with E-state index in [0.29, 0.717) is 70.6 Å². The summed E-state index contributed by atoms with van der Waals surface area (Å²) >= 11 is 11.2. The third-order valence-electron chi connectivity index (χ3n) is 6.36. The van der Waals surface area contributed by atoms with E-state index in [9.17, 15) is 18.2 Å². The Balaban J connectivity index is 1.62. The molecule has 0 amide bonds. The van der Waals surface area contributed by atoms with Crippen LogP contribution in [0.4, 0.5) is 5.95 Å². The summed E-state index contributed by atoms with van der Waals surface area (Å²) in [6.07, 6.45) is 1.43. The van der Waals surface area contributed by atoms with E-state index in [2.05, 4.69) is 31.0 Å². The molecule has 0 bridgehead atoms. The van der Waals surface area contributed by atoms with Gasteiger partial charge in [0.2, 0.25) is 5.95 Å².